The highest BCUT2D eigenvalue weighted by Gasteiger charge is 2.19. The van der Waals surface area contributed by atoms with E-state index in [0.29, 0.717) is 17.5 Å². The van der Waals surface area contributed by atoms with Gasteiger partial charge in [-0.15, -0.1) is 0 Å². The zero-order valence-corrected chi connectivity index (χ0v) is 11.4. The van der Waals surface area contributed by atoms with Gasteiger partial charge in [0, 0.05) is 5.39 Å². The Morgan fingerprint density at radius 2 is 2.15 bits per heavy atom. The highest BCUT2D eigenvalue weighted by molar-refractivity contribution is 7.91. The molecule has 1 aromatic carbocycles. The lowest BCUT2D eigenvalue weighted by molar-refractivity contribution is 0.100. The van der Waals surface area contributed by atoms with E-state index in [4.69, 9.17) is 5.73 Å². The van der Waals surface area contributed by atoms with E-state index in [1.54, 1.807) is 18.3 Å². The Bertz CT molecular complexity index is 834. The Hall–Kier alpha value is -2.15. The molecule has 3 N–H and O–H groups in total. The lowest BCUT2D eigenvalue weighted by Crippen LogP contribution is -2.16. The van der Waals surface area contributed by atoms with Crippen LogP contribution in [0.25, 0.3) is 16.5 Å². The van der Waals surface area contributed by atoms with Crippen LogP contribution in [0.3, 0.4) is 0 Å². The zero-order chi connectivity index (χ0) is 14.3. The smallest absolute Gasteiger partial charge is 0.250 e. The summed E-state index contributed by atoms with van der Waals surface area (Å²) in [4.78, 5) is 11.5. The molecule has 20 heavy (non-hydrogen) atoms. The van der Waals surface area contributed by atoms with Crippen molar-refractivity contribution in [2.24, 2.45) is 5.73 Å². The third-order valence-corrected chi connectivity index (χ3v) is 4.95. The molecular formula is C13H13N3O3S. The molecule has 0 atom stereocenters. The molecule has 1 aromatic heterocycles. The van der Waals surface area contributed by atoms with Gasteiger partial charge in [0.25, 0.3) is 5.91 Å². The van der Waals surface area contributed by atoms with E-state index >= 15 is 0 Å². The number of aromatic nitrogens is 2. The van der Waals surface area contributed by atoms with E-state index in [-0.39, 0.29) is 11.5 Å². The van der Waals surface area contributed by atoms with Crippen molar-refractivity contribution in [1.82, 2.24) is 10.2 Å². The van der Waals surface area contributed by atoms with Crippen molar-refractivity contribution in [1.29, 1.82) is 0 Å². The van der Waals surface area contributed by atoms with Gasteiger partial charge < -0.3 is 5.73 Å². The summed E-state index contributed by atoms with van der Waals surface area (Å²) in [7, 11) is -2.97. The minimum absolute atomic E-state index is 0.0393. The van der Waals surface area contributed by atoms with Crippen LogP contribution in [0.1, 0.15) is 22.3 Å². The molecule has 0 saturated carbocycles. The van der Waals surface area contributed by atoms with Gasteiger partial charge in [-0.3, -0.25) is 9.89 Å². The van der Waals surface area contributed by atoms with Crippen LogP contribution in [0.2, 0.25) is 0 Å². The van der Waals surface area contributed by atoms with Gasteiger partial charge in [-0.05, 0) is 29.7 Å². The zero-order valence-electron chi connectivity index (χ0n) is 10.6. The van der Waals surface area contributed by atoms with Crippen LogP contribution < -0.4 is 5.73 Å². The van der Waals surface area contributed by atoms with Crippen LogP contribution in [-0.2, 0) is 9.84 Å². The summed E-state index contributed by atoms with van der Waals surface area (Å²) in [6.45, 7) is 0. The molecule has 104 valence electrons. The molecule has 0 bridgehead atoms. The maximum absolute atomic E-state index is 11.5. The minimum atomic E-state index is -2.97. The molecule has 0 saturated heterocycles. The topological polar surface area (TPSA) is 106 Å². The molecule has 0 spiro atoms. The van der Waals surface area contributed by atoms with Crippen molar-refractivity contribution in [2.45, 2.75) is 6.42 Å². The van der Waals surface area contributed by atoms with Crippen molar-refractivity contribution >= 4 is 32.2 Å². The number of primary amides is 1. The van der Waals surface area contributed by atoms with Crippen molar-refractivity contribution in [3.8, 4) is 0 Å². The summed E-state index contributed by atoms with van der Waals surface area (Å²) < 4.78 is 22.9. The van der Waals surface area contributed by atoms with Crippen LogP contribution in [0.5, 0.6) is 0 Å². The summed E-state index contributed by atoms with van der Waals surface area (Å²) in [6, 6.07) is 3.57. The number of amides is 1. The van der Waals surface area contributed by atoms with E-state index in [1.807, 2.05) is 6.07 Å². The molecule has 0 radical (unpaired) electrons. The number of nitrogens with zero attached hydrogens (tertiary/aromatic N) is 1. The summed E-state index contributed by atoms with van der Waals surface area (Å²) in [5.74, 6) is -0.364. The van der Waals surface area contributed by atoms with Gasteiger partial charge in [-0.1, -0.05) is 6.08 Å². The highest BCUT2D eigenvalue weighted by atomic mass is 32.2. The van der Waals surface area contributed by atoms with Gasteiger partial charge in [0.2, 0.25) is 0 Å². The van der Waals surface area contributed by atoms with E-state index in [9.17, 15) is 13.2 Å². The fourth-order valence-corrected chi connectivity index (χ4v) is 3.53. The maximum Gasteiger partial charge on any atom is 0.250 e. The first kappa shape index (κ1) is 12.9. The molecule has 1 aliphatic rings. The second-order valence-corrected chi connectivity index (χ2v) is 7.04. The van der Waals surface area contributed by atoms with E-state index < -0.39 is 15.7 Å². The Labute approximate surface area is 115 Å². The molecule has 0 unspecified atom stereocenters. The summed E-state index contributed by atoms with van der Waals surface area (Å²) in [5.41, 5.74) is 8.09. The number of hydrogen-bond donors (Lipinski definition) is 2. The van der Waals surface area contributed by atoms with Gasteiger partial charge in [0.05, 0.1) is 28.8 Å². The number of allylic oxidation sites excluding steroid dienone is 1. The van der Waals surface area contributed by atoms with Gasteiger partial charge in [-0.25, -0.2) is 8.42 Å². The average molecular weight is 291 g/mol. The highest BCUT2D eigenvalue weighted by Crippen LogP contribution is 2.28. The average Bonchev–Trinajstić information content (AvgIpc) is 2.85. The third kappa shape index (κ3) is 2.20. The number of sulfone groups is 1. The van der Waals surface area contributed by atoms with Crippen LogP contribution in [0.15, 0.2) is 24.4 Å². The Morgan fingerprint density at radius 3 is 2.80 bits per heavy atom. The standard InChI is InChI=1S/C13H13N3O3S/c14-13(17)11-6-9(5-10-7-15-16-12(10)11)8-1-3-20(18,19)4-2-8/h1,5-7H,2-4H2,(H2,14,17)(H,15,16). The molecule has 6 nitrogen and oxygen atoms in total. The van der Waals surface area contributed by atoms with Crippen LogP contribution in [-0.4, -0.2) is 36.0 Å². The Kier molecular flexibility index (Phi) is 2.86. The molecule has 2 heterocycles. The van der Waals surface area contributed by atoms with E-state index in [0.717, 1.165) is 16.5 Å². The Balaban J connectivity index is 2.13. The predicted octanol–water partition coefficient (Wildman–Crippen LogP) is 0.864. The Morgan fingerprint density at radius 1 is 1.35 bits per heavy atom. The SMILES string of the molecule is NC(=O)c1cc(C2=CCS(=O)(=O)CC2)cc2cn[nH]c12. The first-order chi connectivity index (χ1) is 9.46. The van der Waals surface area contributed by atoms with Gasteiger partial charge >= 0.3 is 0 Å². The van der Waals surface area contributed by atoms with Gasteiger partial charge in [0.15, 0.2) is 9.84 Å². The number of nitrogens with two attached hydrogens (primary N) is 1. The van der Waals surface area contributed by atoms with Crippen LogP contribution in [0.4, 0.5) is 0 Å². The summed E-state index contributed by atoms with van der Waals surface area (Å²) in [5, 5.41) is 7.44. The first-order valence-corrected chi connectivity index (χ1v) is 7.95. The molecule has 3 rings (SSSR count). The molecule has 0 fully saturated rings. The van der Waals surface area contributed by atoms with Crippen LogP contribution in [0, 0.1) is 0 Å². The fourth-order valence-electron chi connectivity index (χ4n) is 2.38. The number of rotatable bonds is 2. The van der Waals surface area contributed by atoms with Gasteiger partial charge in [0.1, 0.15) is 0 Å². The molecule has 0 aliphatic carbocycles. The number of aromatic amines is 1. The van der Waals surface area contributed by atoms with Gasteiger partial charge in [-0.2, -0.15) is 5.10 Å². The third-order valence-electron chi connectivity index (χ3n) is 3.45. The first-order valence-electron chi connectivity index (χ1n) is 6.13. The lowest BCUT2D eigenvalue weighted by Gasteiger charge is -2.14. The molecule has 7 heteroatoms. The van der Waals surface area contributed by atoms with Crippen molar-refractivity contribution in [2.75, 3.05) is 11.5 Å². The monoisotopic (exact) mass is 291 g/mol. The molecule has 2 aromatic rings. The van der Waals surface area contributed by atoms with E-state index in [2.05, 4.69) is 10.2 Å². The number of carbonyl (C=O) groups excluding carboxylic acids is 1. The molecule has 1 amide bonds. The minimum Gasteiger partial charge on any atom is -0.366 e. The summed E-state index contributed by atoms with van der Waals surface area (Å²) in [6.07, 6.45) is 3.76. The number of fused-ring (bicyclic) bond motifs is 1. The summed E-state index contributed by atoms with van der Waals surface area (Å²) >= 11 is 0. The number of benzene rings is 1. The lowest BCUT2D eigenvalue weighted by atomic mass is 9.98. The van der Waals surface area contributed by atoms with Crippen LogP contribution >= 0.6 is 0 Å². The predicted molar refractivity (Wildman–Crippen MR) is 75.9 cm³/mol. The molecule has 1 aliphatic heterocycles. The normalized spacial score (nSPS) is 17.9. The number of H-pyrrole nitrogens is 1. The van der Waals surface area contributed by atoms with Crippen molar-refractivity contribution in [3.63, 3.8) is 0 Å². The largest absolute Gasteiger partial charge is 0.366 e. The number of hydrogen-bond acceptors (Lipinski definition) is 4. The number of carbonyl (C=O) groups is 1. The maximum atomic E-state index is 11.5. The van der Waals surface area contributed by atoms with Crippen molar-refractivity contribution < 1.29 is 13.2 Å². The molecular weight excluding hydrogens is 278 g/mol. The quantitative estimate of drug-likeness (QED) is 0.856. The fraction of sp³-hybridized carbons (Fsp3) is 0.231. The second kappa shape index (κ2) is 4.45. The number of nitrogens with one attached hydrogen (secondary N) is 1. The van der Waals surface area contributed by atoms with Crippen molar-refractivity contribution in [3.05, 3.63) is 35.5 Å². The second-order valence-electron chi connectivity index (χ2n) is 4.82. The van der Waals surface area contributed by atoms with E-state index in [1.165, 1.54) is 0 Å².